The van der Waals surface area contributed by atoms with Gasteiger partial charge in [-0.15, -0.1) is 0 Å². The largest absolute Gasteiger partial charge is 0.478 e. The lowest BCUT2D eigenvalue weighted by Gasteiger charge is -2.23. The minimum atomic E-state index is -1.24. The molecule has 1 aromatic heterocycles. The fourth-order valence-electron chi connectivity index (χ4n) is 1.69. The molecule has 0 unspecified atom stereocenters. The van der Waals surface area contributed by atoms with Gasteiger partial charge >= 0.3 is 5.97 Å². The van der Waals surface area contributed by atoms with Crippen LogP contribution in [-0.2, 0) is 4.74 Å². The van der Waals surface area contributed by atoms with Gasteiger partial charge in [0.15, 0.2) is 0 Å². The summed E-state index contributed by atoms with van der Waals surface area (Å²) in [5, 5.41) is 19.8. The Morgan fingerprint density at radius 1 is 1.55 bits per heavy atom. The van der Waals surface area contributed by atoms with Crippen molar-refractivity contribution in [1.82, 2.24) is 4.98 Å². The Labute approximate surface area is 116 Å². The van der Waals surface area contributed by atoms with E-state index >= 15 is 0 Å². The molecule has 0 amide bonds. The number of ether oxygens (including phenoxy) is 1. The lowest BCUT2D eigenvalue weighted by molar-refractivity contribution is -0.385. The molecule has 0 aliphatic heterocycles. The Bertz CT molecular complexity index is 492. The fourth-order valence-corrected chi connectivity index (χ4v) is 1.69. The number of pyridine rings is 1. The van der Waals surface area contributed by atoms with Gasteiger partial charge in [0.25, 0.3) is 5.69 Å². The molecule has 0 fully saturated rings. The van der Waals surface area contributed by atoms with E-state index in [4.69, 9.17) is 9.84 Å². The third-order valence-corrected chi connectivity index (χ3v) is 2.68. The Kier molecular flexibility index (Phi) is 5.85. The molecular weight excluding hydrogens is 266 g/mol. The fraction of sp³-hybridized carbons (Fsp3) is 0.500. The molecule has 20 heavy (non-hydrogen) atoms. The Morgan fingerprint density at radius 2 is 2.25 bits per heavy atom. The number of aromatic carboxylic acids is 1. The van der Waals surface area contributed by atoms with Gasteiger partial charge in [-0.3, -0.25) is 10.1 Å². The van der Waals surface area contributed by atoms with Crippen LogP contribution in [0.25, 0.3) is 0 Å². The van der Waals surface area contributed by atoms with Crippen molar-refractivity contribution in [2.24, 2.45) is 0 Å². The first kappa shape index (κ1) is 15.8. The van der Waals surface area contributed by atoms with Gasteiger partial charge in [0.2, 0.25) is 0 Å². The van der Waals surface area contributed by atoms with Gasteiger partial charge < -0.3 is 14.7 Å². The van der Waals surface area contributed by atoms with E-state index in [1.54, 1.807) is 4.90 Å². The molecule has 8 heteroatoms. The number of nitro groups is 1. The molecule has 0 atom stereocenters. The summed E-state index contributed by atoms with van der Waals surface area (Å²) in [6.07, 6.45) is 1.06. The highest BCUT2D eigenvalue weighted by atomic mass is 16.6. The first-order valence-corrected chi connectivity index (χ1v) is 6.21. The summed E-state index contributed by atoms with van der Waals surface area (Å²) in [6.45, 7) is 5.70. The van der Waals surface area contributed by atoms with Gasteiger partial charge in [0.05, 0.1) is 11.5 Å². The smallest absolute Gasteiger partial charge is 0.339 e. The summed E-state index contributed by atoms with van der Waals surface area (Å²) in [4.78, 5) is 26.9. The van der Waals surface area contributed by atoms with Crippen LogP contribution in [0.5, 0.6) is 0 Å². The van der Waals surface area contributed by atoms with Crippen LogP contribution in [-0.4, -0.2) is 47.3 Å². The van der Waals surface area contributed by atoms with E-state index < -0.39 is 10.9 Å². The molecule has 110 valence electrons. The molecule has 1 N–H and O–H groups in total. The maximum absolute atomic E-state index is 11.2. The second-order valence-corrected chi connectivity index (χ2v) is 3.90. The number of anilines is 1. The molecule has 0 saturated heterocycles. The summed E-state index contributed by atoms with van der Waals surface area (Å²) >= 11 is 0. The molecule has 1 aromatic rings. The lowest BCUT2D eigenvalue weighted by atomic mass is 10.2. The normalized spacial score (nSPS) is 10.3. The van der Waals surface area contributed by atoms with Crippen LogP contribution < -0.4 is 4.90 Å². The van der Waals surface area contributed by atoms with Crippen molar-refractivity contribution in [3.8, 4) is 0 Å². The minimum absolute atomic E-state index is 0.183. The van der Waals surface area contributed by atoms with E-state index in [1.807, 2.05) is 13.8 Å². The molecule has 0 aliphatic rings. The van der Waals surface area contributed by atoms with Crippen molar-refractivity contribution in [2.45, 2.75) is 13.8 Å². The number of aromatic nitrogens is 1. The molecular formula is C12H17N3O5. The standard InChI is InChI=1S/C12H17N3O5/c1-3-14(5-6-20-4-2)11-10(12(16)17)7-9(8-13-11)15(18)19/h7-8H,3-6H2,1-2H3,(H,16,17). The van der Waals surface area contributed by atoms with Crippen molar-refractivity contribution in [2.75, 3.05) is 31.2 Å². The highest BCUT2D eigenvalue weighted by Gasteiger charge is 2.20. The van der Waals surface area contributed by atoms with Gasteiger partial charge in [0.1, 0.15) is 17.6 Å². The van der Waals surface area contributed by atoms with Crippen molar-refractivity contribution in [1.29, 1.82) is 0 Å². The van der Waals surface area contributed by atoms with Gasteiger partial charge in [-0.2, -0.15) is 0 Å². The van der Waals surface area contributed by atoms with E-state index in [2.05, 4.69) is 4.98 Å². The Hall–Kier alpha value is -2.22. The number of carbonyl (C=O) groups is 1. The van der Waals surface area contributed by atoms with Gasteiger partial charge in [-0.25, -0.2) is 9.78 Å². The maximum atomic E-state index is 11.2. The Balaban J connectivity index is 3.07. The zero-order chi connectivity index (χ0) is 15.1. The molecule has 1 heterocycles. The molecule has 0 aromatic carbocycles. The third-order valence-electron chi connectivity index (χ3n) is 2.68. The average molecular weight is 283 g/mol. The van der Waals surface area contributed by atoms with E-state index in [-0.39, 0.29) is 17.1 Å². The monoisotopic (exact) mass is 283 g/mol. The maximum Gasteiger partial charge on any atom is 0.339 e. The van der Waals surface area contributed by atoms with E-state index in [0.717, 1.165) is 12.3 Å². The van der Waals surface area contributed by atoms with E-state index in [0.29, 0.717) is 26.3 Å². The van der Waals surface area contributed by atoms with Gasteiger partial charge in [0, 0.05) is 25.8 Å². The van der Waals surface area contributed by atoms with Gasteiger partial charge in [-0.1, -0.05) is 0 Å². The van der Waals surface area contributed by atoms with Crippen molar-refractivity contribution in [3.63, 3.8) is 0 Å². The zero-order valence-corrected chi connectivity index (χ0v) is 11.4. The zero-order valence-electron chi connectivity index (χ0n) is 11.4. The first-order valence-electron chi connectivity index (χ1n) is 6.21. The van der Waals surface area contributed by atoms with Crippen LogP contribution in [0.15, 0.2) is 12.3 Å². The predicted molar refractivity (Wildman–Crippen MR) is 72.2 cm³/mol. The first-order chi connectivity index (χ1) is 9.51. The molecule has 0 spiro atoms. The quantitative estimate of drug-likeness (QED) is 0.438. The number of carboxylic acid groups (broad SMARTS) is 1. The number of hydrogen-bond acceptors (Lipinski definition) is 6. The van der Waals surface area contributed by atoms with Crippen LogP contribution in [0.3, 0.4) is 0 Å². The molecule has 0 saturated carbocycles. The van der Waals surface area contributed by atoms with E-state index in [9.17, 15) is 14.9 Å². The number of nitrogens with zero attached hydrogens (tertiary/aromatic N) is 3. The molecule has 0 aliphatic carbocycles. The van der Waals surface area contributed by atoms with Gasteiger partial charge in [-0.05, 0) is 13.8 Å². The highest BCUT2D eigenvalue weighted by molar-refractivity contribution is 5.94. The third kappa shape index (κ3) is 3.89. The molecule has 8 nitrogen and oxygen atoms in total. The lowest BCUT2D eigenvalue weighted by Crippen LogP contribution is -2.29. The number of hydrogen-bond donors (Lipinski definition) is 1. The SMILES string of the molecule is CCOCCN(CC)c1ncc([N+](=O)[O-])cc1C(=O)O. The molecule has 0 radical (unpaired) electrons. The van der Waals surface area contributed by atoms with Crippen LogP contribution in [0.2, 0.25) is 0 Å². The summed E-state index contributed by atoms with van der Waals surface area (Å²) in [5.74, 6) is -1.03. The topological polar surface area (TPSA) is 106 Å². The summed E-state index contributed by atoms with van der Waals surface area (Å²) < 4.78 is 5.22. The minimum Gasteiger partial charge on any atom is -0.478 e. The highest BCUT2D eigenvalue weighted by Crippen LogP contribution is 2.22. The summed E-state index contributed by atoms with van der Waals surface area (Å²) in [5.41, 5.74) is -0.524. The van der Waals surface area contributed by atoms with Crippen LogP contribution >= 0.6 is 0 Å². The summed E-state index contributed by atoms with van der Waals surface area (Å²) in [6, 6.07) is 1.02. The second-order valence-electron chi connectivity index (χ2n) is 3.90. The van der Waals surface area contributed by atoms with Crippen molar-refractivity contribution in [3.05, 3.63) is 27.9 Å². The van der Waals surface area contributed by atoms with Crippen LogP contribution in [0.4, 0.5) is 11.5 Å². The molecule has 1 rings (SSSR count). The second kappa shape index (κ2) is 7.39. The summed E-state index contributed by atoms with van der Waals surface area (Å²) in [7, 11) is 0. The van der Waals surface area contributed by atoms with Crippen LogP contribution in [0.1, 0.15) is 24.2 Å². The number of carboxylic acids is 1. The average Bonchev–Trinajstić information content (AvgIpc) is 2.43. The van der Waals surface area contributed by atoms with Crippen molar-refractivity contribution >= 4 is 17.5 Å². The number of likely N-dealkylation sites (N-methyl/N-ethyl adjacent to an activating group) is 1. The van der Waals surface area contributed by atoms with Crippen molar-refractivity contribution < 1.29 is 19.6 Å². The Morgan fingerprint density at radius 3 is 2.75 bits per heavy atom. The van der Waals surface area contributed by atoms with E-state index in [1.165, 1.54) is 0 Å². The predicted octanol–water partition coefficient (Wildman–Crippen LogP) is 1.55. The van der Waals surface area contributed by atoms with Crippen LogP contribution in [0, 0.1) is 10.1 Å². The number of rotatable bonds is 8. The molecule has 0 bridgehead atoms.